The lowest BCUT2D eigenvalue weighted by molar-refractivity contribution is -0.124. The molecule has 3 N–H and O–H groups in total. The zero-order chi connectivity index (χ0) is 15.8. The maximum atomic E-state index is 12.1. The van der Waals surface area contributed by atoms with Gasteiger partial charge >= 0.3 is 0 Å². The van der Waals surface area contributed by atoms with Crippen LogP contribution in [0.4, 0.5) is 0 Å². The fourth-order valence-corrected chi connectivity index (χ4v) is 2.10. The first-order valence-corrected chi connectivity index (χ1v) is 7.39. The Bertz CT molecular complexity index is 572. The van der Waals surface area contributed by atoms with Crippen LogP contribution >= 0.6 is 0 Å². The molecule has 2 aromatic rings. The zero-order valence-electron chi connectivity index (χ0n) is 12.7. The summed E-state index contributed by atoms with van der Waals surface area (Å²) in [5.41, 5.74) is 7.98. The third-order valence-corrected chi connectivity index (χ3v) is 3.40. The normalized spacial score (nSPS) is 13.4. The molecule has 0 heterocycles. The van der Waals surface area contributed by atoms with Crippen LogP contribution in [0.25, 0.3) is 0 Å². The van der Waals surface area contributed by atoms with Gasteiger partial charge in [0.25, 0.3) is 0 Å². The van der Waals surface area contributed by atoms with E-state index >= 15 is 0 Å². The van der Waals surface area contributed by atoms with Crippen LogP contribution in [0.2, 0.25) is 0 Å². The molecule has 2 aromatic carbocycles. The second-order valence-electron chi connectivity index (χ2n) is 5.25. The van der Waals surface area contributed by atoms with Gasteiger partial charge in [-0.25, -0.2) is 0 Å². The summed E-state index contributed by atoms with van der Waals surface area (Å²) in [5, 5.41) is 2.90. The Balaban J connectivity index is 1.75. The number of hydrogen-bond acceptors (Lipinski definition) is 3. The summed E-state index contributed by atoms with van der Waals surface area (Å²) >= 11 is 0. The van der Waals surface area contributed by atoms with Crippen LogP contribution in [0, 0.1) is 0 Å². The summed E-state index contributed by atoms with van der Waals surface area (Å²) in [7, 11) is 0. The van der Waals surface area contributed by atoms with Crippen molar-refractivity contribution in [3.8, 4) is 0 Å². The SMILES string of the molecule is C[C@H](NC(=O)[C@@H](N)COCc1ccccc1)c1ccccc1. The molecule has 2 atom stereocenters. The summed E-state index contributed by atoms with van der Waals surface area (Å²) in [6, 6.07) is 18.8. The van der Waals surface area contributed by atoms with E-state index in [0.29, 0.717) is 6.61 Å². The molecule has 2 rings (SSSR count). The quantitative estimate of drug-likeness (QED) is 0.825. The number of benzene rings is 2. The fourth-order valence-electron chi connectivity index (χ4n) is 2.10. The van der Waals surface area contributed by atoms with Crippen LogP contribution in [0.1, 0.15) is 24.1 Å². The second-order valence-corrected chi connectivity index (χ2v) is 5.25. The number of rotatable bonds is 7. The standard InChI is InChI=1S/C18H22N2O2/c1-14(16-10-6-3-7-11-16)20-18(21)17(19)13-22-12-15-8-4-2-5-9-15/h2-11,14,17H,12-13,19H2,1H3,(H,20,21)/t14-,17-/m0/s1. The lowest BCUT2D eigenvalue weighted by atomic mass is 10.1. The number of ether oxygens (including phenoxy) is 1. The molecule has 4 heteroatoms. The summed E-state index contributed by atoms with van der Waals surface area (Å²) < 4.78 is 5.50. The van der Waals surface area contributed by atoms with E-state index in [2.05, 4.69) is 5.32 Å². The van der Waals surface area contributed by atoms with Crippen molar-refractivity contribution in [2.75, 3.05) is 6.61 Å². The molecule has 0 unspecified atom stereocenters. The largest absolute Gasteiger partial charge is 0.375 e. The maximum Gasteiger partial charge on any atom is 0.239 e. The van der Waals surface area contributed by atoms with E-state index in [0.717, 1.165) is 11.1 Å². The number of carbonyl (C=O) groups excluding carboxylic acids is 1. The van der Waals surface area contributed by atoms with E-state index in [1.54, 1.807) is 0 Å². The lowest BCUT2D eigenvalue weighted by Crippen LogP contribution is -2.44. The highest BCUT2D eigenvalue weighted by Crippen LogP contribution is 2.11. The van der Waals surface area contributed by atoms with Gasteiger partial charge in [0.05, 0.1) is 19.3 Å². The number of hydrogen-bond donors (Lipinski definition) is 2. The van der Waals surface area contributed by atoms with Crippen molar-refractivity contribution in [2.24, 2.45) is 5.73 Å². The van der Waals surface area contributed by atoms with Crippen LogP contribution in [0.5, 0.6) is 0 Å². The van der Waals surface area contributed by atoms with E-state index < -0.39 is 6.04 Å². The smallest absolute Gasteiger partial charge is 0.239 e. The molecular weight excluding hydrogens is 276 g/mol. The first kappa shape index (κ1) is 16.2. The summed E-state index contributed by atoms with van der Waals surface area (Å²) in [5.74, 6) is -0.204. The molecule has 1 amide bonds. The minimum absolute atomic E-state index is 0.0751. The molecule has 4 nitrogen and oxygen atoms in total. The summed E-state index contributed by atoms with van der Waals surface area (Å²) in [6.07, 6.45) is 0. The Labute approximate surface area is 131 Å². The molecule has 0 aromatic heterocycles. The van der Waals surface area contributed by atoms with E-state index in [-0.39, 0.29) is 18.6 Å². The van der Waals surface area contributed by atoms with Gasteiger partial charge < -0.3 is 15.8 Å². The Hall–Kier alpha value is -2.17. The molecule has 0 saturated carbocycles. The highest BCUT2D eigenvalue weighted by Gasteiger charge is 2.16. The average Bonchev–Trinajstić information content (AvgIpc) is 2.56. The van der Waals surface area contributed by atoms with Gasteiger partial charge in [-0.3, -0.25) is 4.79 Å². The van der Waals surface area contributed by atoms with Crippen molar-refractivity contribution < 1.29 is 9.53 Å². The Morgan fingerprint density at radius 1 is 1.09 bits per heavy atom. The highest BCUT2D eigenvalue weighted by atomic mass is 16.5. The van der Waals surface area contributed by atoms with Crippen molar-refractivity contribution in [1.29, 1.82) is 0 Å². The van der Waals surface area contributed by atoms with Crippen LogP contribution in [-0.4, -0.2) is 18.6 Å². The predicted octanol–water partition coefficient (Wildman–Crippen LogP) is 2.41. The van der Waals surface area contributed by atoms with E-state index in [4.69, 9.17) is 10.5 Å². The minimum atomic E-state index is -0.671. The minimum Gasteiger partial charge on any atom is -0.375 e. The van der Waals surface area contributed by atoms with Crippen LogP contribution in [-0.2, 0) is 16.1 Å². The molecule has 0 radical (unpaired) electrons. The predicted molar refractivity (Wildman–Crippen MR) is 87.1 cm³/mol. The number of carbonyl (C=O) groups is 1. The van der Waals surface area contributed by atoms with Gasteiger partial charge in [0.15, 0.2) is 0 Å². The number of nitrogens with two attached hydrogens (primary N) is 1. The Kier molecular flexibility index (Phi) is 6.13. The second kappa shape index (κ2) is 8.32. The molecule has 0 aliphatic carbocycles. The molecular formula is C18H22N2O2. The van der Waals surface area contributed by atoms with E-state index in [9.17, 15) is 4.79 Å². The number of amides is 1. The molecule has 0 fully saturated rings. The van der Waals surface area contributed by atoms with Gasteiger partial charge in [-0.2, -0.15) is 0 Å². The van der Waals surface area contributed by atoms with Crippen molar-refractivity contribution in [3.63, 3.8) is 0 Å². The lowest BCUT2D eigenvalue weighted by Gasteiger charge is -2.18. The maximum absolute atomic E-state index is 12.1. The molecule has 0 aliphatic heterocycles. The van der Waals surface area contributed by atoms with Crippen molar-refractivity contribution in [2.45, 2.75) is 25.6 Å². The molecule has 0 saturated heterocycles. The van der Waals surface area contributed by atoms with Gasteiger partial charge in [-0.1, -0.05) is 60.7 Å². The van der Waals surface area contributed by atoms with Crippen LogP contribution < -0.4 is 11.1 Å². The monoisotopic (exact) mass is 298 g/mol. The molecule has 0 aliphatic rings. The van der Waals surface area contributed by atoms with Crippen LogP contribution in [0.15, 0.2) is 60.7 Å². The average molecular weight is 298 g/mol. The van der Waals surface area contributed by atoms with E-state index in [1.807, 2.05) is 67.6 Å². The van der Waals surface area contributed by atoms with Gasteiger partial charge in [-0.15, -0.1) is 0 Å². The van der Waals surface area contributed by atoms with Gasteiger partial charge in [-0.05, 0) is 18.1 Å². The van der Waals surface area contributed by atoms with Gasteiger partial charge in [0.2, 0.25) is 5.91 Å². The van der Waals surface area contributed by atoms with Gasteiger partial charge in [0.1, 0.15) is 6.04 Å². The third-order valence-electron chi connectivity index (χ3n) is 3.40. The zero-order valence-corrected chi connectivity index (χ0v) is 12.7. The number of nitrogens with one attached hydrogen (secondary N) is 1. The summed E-state index contributed by atoms with van der Waals surface area (Å²) in [6.45, 7) is 2.59. The summed E-state index contributed by atoms with van der Waals surface area (Å²) in [4.78, 5) is 12.1. The van der Waals surface area contributed by atoms with Crippen molar-refractivity contribution in [1.82, 2.24) is 5.32 Å². The highest BCUT2D eigenvalue weighted by molar-refractivity contribution is 5.82. The Morgan fingerprint density at radius 2 is 1.68 bits per heavy atom. The first-order valence-electron chi connectivity index (χ1n) is 7.39. The molecule has 0 bridgehead atoms. The van der Waals surface area contributed by atoms with Crippen molar-refractivity contribution >= 4 is 5.91 Å². The Morgan fingerprint density at radius 3 is 2.32 bits per heavy atom. The van der Waals surface area contributed by atoms with Crippen molar-refractivity contribution in [3.05, 3.63) is 71.8 Å². The molecule has 22 heavy (non-hydrogen) atoms. The topological polar surface area (TPSA) is 64.4 Å². The molecule has 116 valence electrons. The van der Waals surface area contributed by atoms with E-state index in [1.165, 1.54) is 0 Å². The van der Waals surface area contributed by atoms with Gasteiger partial charge in [0, 0.05) is 0 Å². The van der Waals surface area contributed by atoms with Crippen LogP contribution in [0.3, 0.4) is 0 Å². The molecule has 0 spiro atoms. The first-order chi connectivity index (χ1) is 10.7. The fraction of sp³-hybridized carbons (Fsp3) is 0.278. The third kappa shape index (κ3) is 4.98.